The average Bonchev–Trinajstić information content (AvgIpc) is 2.28. The third-order valence-corrected chi connectivity index (χ3v) is 2.61. The molecule has 1 aromatic carbocycles. The molecule has 1 aromatic heterocycles. The summed E-state index contributed by atoms with van der Waals surface area (Å²) >= 11 is 11.8. The Morgan fingerprint density at radius 3 is 2.22 bits per heavy atom. The molecule has 0 bridgehead atoms. The van der Waals surface area contributed by atoms with Crippen molar-refractivity contribution in [3.63, 3.8) is 0 Å². The zero-order valence-corrected chi connectivity index (χ0v) is 11.3. The first-order valence-electron chi connectivity index (χ1n) is 4.72. The Balaban J connectivity index is 0.00000162. The number of aromatic nitrogens is 1. The lowest BCUT2D eigenvalue weighted by Crippen LogP contribution is -1.99. The first kappa shape index (κ1) is 14.8. The van der Waals surface area contributed by atoms with Gasteiger partial charge in [0.15, 0.2) is 0 Å². The number of pyridine rings is 1. The van der Waals surface area contributed by atoms with Gasteiger partial charge >= 0.3 is 5.97 Å². The van der Waals surface area contributed by atoms with Gasteiger partial charge in [-0.1, -0.05) is 23.2 Å². The Morgan fingerprint density at radius 1 is 1.06 bits per heavy atom. The topological polar surface area (TPSA) is 50.2 Å². The molecule has 0 fully saturated rings. The molecule has 0 spiro atoms. The maximum absolute atomic E-state index is 10.8. The number of nitrogens with zero attached hydrogens (tertiary/aromatic N) is 1. The molecule has 2 rings (SSSR count). The van der Waals surface area contributed by atoms with Gasteiger partial charge in [-0.15, -0.1) is 12.4 Å². The first-order chi connectivity index (χ1) is 8.06. The number of benzene rings is 1. The highest BCUT2D eigenvalue weighted by Gasteiger charge is 2.07. The van der Waals surface area contributed by atoms with Gasteiger partial charge in [-0.05, 0) is 41.5 Å². The Morgan fingerprint density at radius 2 is 1.67 bits per heavy atom. The van der Waals surface area contributed by atoms with Gasteiger partial charge in [0.25, 0.3) is 0 Å². The van der Waals surface area contributed by atoms with Gasteiger partial charge in [0.2, 0.25) is 0 Å². The van der Waals surface area contributed by atoms with E-state index in [0.717, 1.165) is 5.56 Å². The number of carbonyl (C=O) groups is 1. The van der Waals surface area contributed by atoms with E-state index in [1.807, 2.05) is 0 Å². The number of aromatic carboxylic acids is 1. The molecule has 1 N–H and O–H groups in total. The van der Waals surface area contributed by atoms with Gasteiger partial charge in [0.1, 0.15) is 5.69 Å². The second-order valence-corrected chi connectivity index (χ2v) is 4.27. The van der Waals surface area contributed by atoms with Crippen molar-refractivity contribution in [2.75, 3.05) is 0 Å². The highest BCUT2D eigenvalue weighted by atomic mass is 35.5. The zero-order chi connectivity index (χ0) is 12.4. The third-order valence-electron chi connectivity index (χ3n) is 2.17. The van der Waals surface area contributed by atoms with Gasteiger partial charge in [0.05, 0.1) is 0 Å². The standard InChI is InChI=1S/C12H7Cl2NO2.ClH/c13-9-3-8(4-10(14)6-9)7-1-2-15-11(5-7)12(16)17;/h1-6H,(H,16,17);1H. The van der Waals surface area contributed by atoms with E-state index < -0.39 is 5.97 Å². The minimum absolute atomic E-state index is 0. The van der Waals surface area contributed by atoms with Gasteiger partial charge in [0, 0.05) is 16.2 Å². The summed E-state index contributed by atoms with van der Waals surface area (Å²) in [5.41, 5.74) is 1.45. The minimum Gasteiger partial charge on any atom is -0.477 e. The summed E-state index contributed by atoms with van der Waals surface area (Å²) < 4.78 is 0. The minimum atomic E-state index is -1.07. The first-order valence-corrected chi connectivity index (χ1v) is 5.47. The molecular weight excluding hydrogens is 296 g/mol. The van der Waals surface area contributed by atoms with Crippen LogP contribution in [0.4, 0.5) is 0 Å². The average molecular weight is 305 g/mol. The van der Waals surface area contributed by atoms with E-state index in [0.29, 0.717) is 15.6 Å². The monoisotopic (exact) mass is 303 g/mol. The molecule has 18 heavy (non-hydrogen) atoms. The molecule has 0 saturated heterocycles. The van der Waals surface area contributed by atoms with Crippen LogP contribution in [0.3, 0.4) is 0 Å². The Kier molecular flexibility index (Phi) is 4.96. The predicted octanol–water partition coefficient (Wildman–Crippen LogP) is 4.18. The summed E-state index contributed by atoms with van der Waals surface area (Å²) in [6, 6.07) is 8.23. The van der Waals surface area contributed by atoms with Gasteiger partial charge in [-0.3, -0.25) is 0 Å². The van der Waals surface area contributed by atoms with Crippen LogP contribution >= 0.6 is 35.6 Å². The molecule has 0 atom stereocenters. The Bertz CT molecular complexity index is 567. The third kappa shape index (κ3) is 3.35. The summed E-state index contributed by atoms with van der Waals surface area (Å²) in [6.45, 7) is 0. The van der Waals surface area contributed by atoms with Crippen LogP contribution in [0.2, 0.25) is 10.0 Å². The quantitative estimate of drug-likeness (QED) is 0.905. The molecule has 0 unspecified atom stereocenters. The second kappa shape index (κ2) is 6.05. The van der Waals surface area contributed by atoms with Crippen molar-refractivity contribution < 1.29 is 9.90 Å². The molecular formula is C12H8Cl3NO2. The Hall–Kier alpha value is -1.29. The SMILES string of the molecule is Cl.O=C(O)c1cc(-c2cc(Cl)cc(Cl)c2)ccn1. The fraction of sp³-hybridized carbons (Fsp3) is 0. The van der Waals surface area contributed by atoms with Gasteiger partial charge in [-0.2, -0.15) is 0 Å². The van der Waals surface area contributed by atoms with E-state index in [1.165, 1.54) is 12.3 Å². The number of hydrogen-bond donors (Lipinski definition) is 1. The van der Waals surface area contributed by atoms with E-state index in [2.05, 4.69) is 4.98 Å². The molecule has 94 valence electrons. The molecule has 0 amide bonds. The summed E-state index contributed by atoms with van der Waals surface area (Å²) in [5.74, 6) is -1.07. The van der Waals surface area contributed by atoms with Crippen LogP contribution in [-0.2, 0) is 0 Å². The van der Waals surface area contributed by atoms with Crippen LogP contribution in [0.1, 0.15) is 10.5 Å². The summed E-state index contributed by atoms with van der Waals surface area (Å²) in [4.78, 5) is 14.5. The molecule has 0 aliphatic heterocycles. The van der Waals surface area contributed by atoms with Crippen molar-refractivity contribution in [3.8, 4) is 11.1 Å². The lowest BCUT2D eigenvalue weighted by Gasteiger charge is -2.04. The summed E-state index contributed by atoms with van der Waals surface area (Å²) in [6.07, 6.45) is 1.44. The number of rotatable bonds is 2. The van der Waals surface area contributed by atoms with Crippen LogP contribution in [0.5, 0.6) is 0 Å². The van der Waals surface area contributed by atoms with Crippen molar-refractivity contribution in [3.05, 3.63) is 52.3 Å². The number of hydrogen-bond acceptors (Lipinski definition) is 2. The van der Waals surface area contributed by atoms with Crippen molar-refractivity contribution in [1.29, 1.82) is 0 Å². The molecule has 1 heterocycles. The van der Waals surface area contributed by atoms with E-state index in [9.17, 15) is 4.79 Å². The second-order valence-electron chi connectivity index (χ2n) is 3.39. The molecule has 6 heteroatoms. The van der Waals surface area contributed by atoms with Gasteiger partial charge < -0.3 is 5.11 Å². The van der Waals surface area contributed by atoms with Crippen molar-refractivity contribution in [2.24, 2.45) is 0 Å². The molecule has 2 aromatic rings. The van der Waals surface area contributed by atoms with Crippen LogP contribution in [0.25, 0.3) is 11.1 Å². The smallest absolute Gasteiger partial charge is 0.354 e. The lowest BCUT2D eigenvalue weighted by molar-refractivity contribution is 0.0690. The molecule has 0 saturated carbocycles. The number of carboxylic acids is 1. The van der Waals surface area contributed by atoms with Gasteiger partial charge in [-0.25, -0.2) is 9.78 Å². The van der Waals surface area contributed by atoms with E-state index in [-0.39, 0.29) is 18.1 Å². The molecule has 3 nitrogen and oxygen atoms in total. The van der Waals surface area contributed by atoms with Crippen molar-refractivity contribution in [2.45, 2.75) is 0 Å². The van der Waals surface area contributed by atoms with E-state index >= 15 is 0 Å². The highest BCUT2D eigenvalue weighted by Crippen LogP contribution is 2.27. The van der Waals surface area contributed by atoms with Crippen molar-refractivity contribution in [1.82, 2.24) is 4.98 Å². The number of carboxylic acid groups (broad SMARTS) is 1. The van der Waals surface area contributed by atoms with E-state index in [4.69, 9.17) is 28.3 Å². The predicted molar refractivity (Wildman–Crippen MR) is 73.9 cm³/mol. The molecule has 0 radical (unpaired) electrons. The summed E-state index contributed by atoms with van der Waals surface area (Å²) in [7, 11) is 0. The fourth-order valence-electron chi connectivity index (χ4n) is 1.45. The highest BCUT2D eigenvalue weighted by molar-refractivity contribution is 6.35. The van der Waals surface area contributed by atoms with Crippen LogP contribution in [-0.4, -0.2) is 16.1 Å². The van der Waals surface area contributed by atoms with E-state index in [1.54, 1.807) is 24.3 Å². The Labute approximate surface area is 120 Å². The molecule has 0 aliphatic rings. The normalized spacial score (nSPS) is 9.67. The zero-order valence-electron chi connectivity index (χ0n) is 8.93. The van der Waals surface area contributed by atoms with Crippen LogP contribution in [0, 0.1) is 0 Å². The fourth-order valence-corrected chi connectivity index (χ4v) is 1.97. The maximum Gasteiger partial charge on any atom is 0.354 e. The summed E-state index contributed by atoms with van der Waals surface area (Å²) in [5, 5.41) is 9.85. The number of halogens is 3. The maximum atomic E-state index is 10.8. The lowest BCUT2D eigenvalue weighted by atomic mass is 10.1. The van der Waals surface area contributed by atoms with Crippen molar-refractivity contribution >= 4 is 41.6 Å². The largest absolute Gasteiger partial charge is 0.477 e. The van der Waals surface area contributed by atoms with Crippen LogP contribution in [0.15, 0.2) is 36.5 Å². The molecule has 0 aliphatic carbocycles. The van der Waals surface area contributed by atoms with Crippen LogP contribution < -0.4 is 0 Å².